The van der Waals surface area contributed by atoms with E-state index in [4.69, 9.17) is 0 Å². The normalized spacial score (nSPS) is 17.3. The monoisotopic (exact) mass is 324 g/mol. The Labute approximate surface area is 140 Å². The smallest absolute Gasteiger partial charge is 0.274 e. The summed E-state index contributed by atoms with van der Waals surface area (Å²) in [6.45, 7) is 2.57. The van der Waals surface area contributed by atoms with Crippen LogP contribution in [0.3, 0.4) is 0 Å². The summed E-state index contributed by atoms with van der Waals surface area (Å²) in [5.41, 5.74) is 3.38. The third-order valence-corrected chi connectivity index (χ3v) is 4.85. The summed E-state index contributed by atoms with van der Waals surface area (Å²) in [7, 11) is 1.77. The molecule has 1 aromatic carbocycles. The van der Waals surface area contributed by atoms with E-state index in [1.807, 2.05) is 17.0 Å². The molecule has 0 saturated carbocycles. The molecule has 0 spiro atoms. The standard InChI is InChI=1S/C18H20N4O2/c1-20-9-10-22-16(18(20)24)11-15(19-22)17(23)21-8-4-7-13-5-2-3-6-14(13)12-21/h2-3,5-6,11H,4,7-10,12H2,1H3. The maximum absolute atomic E-state index is 12.9. The van der Waals surface area contributed by atoms with E-state index in [0.29, 0.717) is 37.6 Å². The predicted octanol–water partition coefficient (Wildman–Crippen LogP) is 1.56. The van der Waals surface area contributed by atoms with Gasteiger partial charge < -0.3 is 9.80 Å². The number of hydrogen-bond acceptors (Lipinski definition) is 3. The summed E-state index contributed by atoms with van der Waals surface area (Å²) < 4.78 is 1.65. The summed E-state index contributed by atoms with van der Waals surface area (Å²) in [5.74, 6) is -0.168. The van der Waals surface area contributed by atoms with Crippen molar-refractivity contribution in [3.63, 3.8) is 0 Å². The van der Waals surface area contributed by atoms with Crippen molar-refractivity contribution in [2.75, 3.05) is 20.1 Å². The average Bonchev–Trinajstić information content (AvgIpc) is 2.91. The average molecular weight is 324 g/mol. The van der Waals surface area contributed by atoms with Gasteiger partial charge in [0, 0.05) is 32.7 Å². The number of hydrogen-bond donors (Lipinski definition) is 0. The largest absolute Gasteiger partial charge is 0.339 e. The summed E-state index contributed by atoms with van der Waals surface area (Å²) in [4.78, 5) is 28.6. The van der Waals surface area contributed by atoms with Crippen LogP contribution >= 0.6 is 0 Å². The Bertz CT molecular complexity index is 811. The quantitative estimate of drug-likeness (QED) is 0.800. The van der Waals surface area contributed by atoms with Gasteiger partial charge in [-0.05, 0) is 24.0 Å². The lowest BCUT2D eigenvalue weighted by atomic mass is 10.0. The minimum atomic E-state index is -0.0935. The molecule has 2 aromatic rings. The van der Waals surface area contributed by atoms with Crippen LogP contribution in [0.2, 0.25) is 0 Å². The summed E-state index contributed by atoms with van der Waals surface area (Å²) in [6.07, 6.45) is 1.93. The van der Waals surface area contributed by atoms with E-state index in [9.17, 15) is 9.59 Å². The van der Waals surface area contributed by atoms with E-state index in [1.165, 1.54) is 11.1 Å². The molecule has 0 saturated heterocycles. The molecule has 0 N–H and O–H groups in total. The molecule has 2 amide bonds. The van der Waals surface area contributed by atoms with Crippen LogP contribution in [0.1, 0.15) is 38.5 Å². The molecule has 0 atom stereocenters. The molecule has 6 heteroatoms. The van der Waals surface area contributed by atoms with Gasteiger partial charge in [-0.1, -0.05) is 24.3 Å². The molecule has 4 rings (SSSR count). The Morgan fingerprint density at radius 3 is 2.75 bits per heavy atom. The summed E-state index contributed by atoms with van der Waals surface area (Å²) in [5, 5.41) is 4.38. The maximum atomic E-state index is 12.9. The highest BCUT2D eigenvalue weighted by molar-refractivity contribution is 5.98. The predicted molar refractivity (Wildman–Crippen MR) is 88.7 cm³/mol. The molecule has 24 heavy (non-hydrogen) atoms. The van der Waals surface area contributed by atoms with Gasteiger partial charge in [-0.3, -0.25) is 14.3 Å². The van der Waals surface area contributed by atoms with Crippen molar-refractivity contribution in [3.05, 3.63) is 52.8 Å². The molecule has 0 bridgehead atoms. The lowest BCUT2D eigenvalue weighted by Crippen LogP contribution is -2.37. The molecule has 0 radical (unpaired) electrons. The second-order valence-corrected chi connectivity index (χ2v) is 6.46. The molecular weight excluding hydrogens is 304 g/mol. The van der Waals surface area contributed by atoms with E-state index in [1.54, 1.807) is 22.7 Å². The molecular formula is C18H20N4O2. The van der Waals surface area contributed by atoms with Gasteiger partial charge in [-0.15, -0.1) is 0 Å². The van der Waals surface area contributed by atoms with E-state index in [-0.39, 0.29) is 11.8 Å². The topological polar surface area (TPSA) is 58.4 Å². The number of carbonyl (C=O) groups excluding carboxylic acids is 2. The van der Waals surface area contributed by atoms with E-state index in [2.05, 4.69) is 17.2 Å². The number of aryl methyl sites for hydroxylation is 1. The fraction of sp³-hybridized carbons (Fsp3) is 0.389. The van der Waals surface area contributed by atoms with Crippen molar-refractivity contribution < 1.29 is 9.59 Å². The second-order valence-electron chi connectivity index (χ2n) is 6.46. The Morgan fingerprint density at radius 2 is 1.92 bits per heavy atom. The van der Waals surface area contributed by atoms with Gasteiger partial charge in [0.1, 0.15) is 5.69 Å². The van der Waals surface area contributed by atoms with Crippen LogP contribution in [0.5, 0.6) is 0 Å². The van der Waals surface area contributed by atoms with E-state index >= 15 is 0 Å². The van der Waals surface area contributed by atoms with Crippen molar-refractivity contribution in [3.8, 4) is 0 Å². The molecule has 124 valence electrons. The van der Waals surface area contributed by atoms with Crippen LogP contribution in [-0.2, 0) is 19.5 Å². The number of rotatable bonds is 1. The van der Waals surface area contributed by atoms with Gasteiger partial charge >= 0.3 is 0 Å². The molecule has 1 aromatic heterocycles. The summed E-state index contributed by atoms with van der Waals surface area (Å²) >= 11 is 0. The van der Waals surface area contributed by atoms with Gasteiger partial charge in [-0.25, -0.2) is 0 Å². The third kappa shape index (κ3) is 2.48. The Hall–Kier alpha value is -2.63. The highest BCUT2D eigenvalue weighted by Crippen LogP contribution is 2.21. The first-order chi connectivity index (χ1) is 11.6. The molecule has 0 aliphatic carbocycles. The lowest BCUT2D eigenvalue weighted by molar-refractivity contribution is 0.0727. The second kappa shape index (κ2) is 5.78. The zero-order valence-electron chi connectivity index (χ0n) is 13.7. The van der Waals surface area contributed by atoms with Crippen LogP contribution in [0.4, 0.5) is 0 Å². The number of carbonyl (C=O) groups is 2. The fourth-order valence-electron chi connectivity index (χ4n) is 3.44. The third-order valence-electron chi connectivity index (χ3n) is 4.85. The Balaban J connectivity index is 1.61. The van der Waals surface area contributed by atoms with Crippen LogP contribution in [0.25, 0.3) is 0 Å². The van der Waals surface area contributed by atoms with Crippen molar-refractivity contribution in [1.82, 2.24) is 19.6 Å². The number of benzene rings is 1. The number of nitrogens with zero attached hydrogens (tertiary/aromatic N) is 4. The fourth-order valence-corrected chi connectivity index (χ4v) is 3.44. The molecule has 2 aliphatic heterocycles. The first-order valence-electron chi connectivity index (χ1n) is 8.33. The van der Waals surface area contributed by atoms with Gasteiger partial charge in [0.25, 0.3) is 11.8 Å². The van der Waals surface area contributed by atoms with Crippen molar-refractivity contribution in [2.45, 2.75) is 25.9 Å². The Morgan fingerprint density at radius 1 is 1.12 bits per heavy atom. The molecule has 0 unspecified atom stereocenters. The first-order valence-corrected chi connectivity index (χ1v) is 8.33. The van der Waals surface area contributed by atoms with Gasteiger partial charge in [0.15, 0.2) is 5.69 Å². The van der Waals surface area contributed by atoms with Gasteiger partial charge in [0.05, 0.1) is 6.54 Å². The molecule has 2 aliphatic rings. The van der Waals surface area contributed by atoms with Crippen molar-refractivity contribution in [2.24, 2.45) is 0 Å². The lowest BCUT2D eigenvalue weighted by Gasteiger charge is -2.22. The van der Waals surface area contributed by atoms with Gasteiger partial charge in [0.2, 0.25) is 0 Å². The van der Waals surface area contributed by atoms with Crippen LogP contribution in [0.15, 0.2) is 30.3 Å². The Kier molecular flexibility index (Phi) is 3.59. The molecule has 3 heterocycles. The number of amides is 2. The minimum Gasteiger partial charge on any atom is -0.339 e. The number of likely N-dealkylation sites (N-methyl/N-ethyl adjacent to an activating group) is 1. The summed E-state index contributed by atoms with van der Waals surface area (Å²) in [6, 6.07) is 9.90. The highest BCUT2D eigenvalue weighted by atomic mass is 16.2. The van der Waals surface area contributed by atoms with Crippen LogP contribution in [0, 0.1) is 0 Å². The van der Waals surface area contributed by atoms with Gasteiger partial charge in [-0.2, -0.15) is 5.10 Å². The van der Waals surface area contributed by atoms with E-state index < -0.39 is 0 Å². The zero-order valence-corrected chi connectivity index (χ0v) is 13.7. The zero-order chi connectivity index (χ0) is 16.7. The SMILES string of the molecule is CN1CCn2nc(C(=O)N3CCCc4ccccc4C3)cc2C1=O. The molecule has 0 fully saturated rings. The van der Waals surface area contributed by atoms with Crippen LogP contribution in [-0.4, -0.2) is 51.5 Å². The highest BCUT2D eigenvalue weighted by Gasteiger charge is 2.28. The van der Waals surface area contributed by atoms with Crippen molar-refractivity contribution >= 4 is 11.8 Å². The number of aromatic nitrogens is 2. The number of fused-ring (bicyclic) bond motifs is 2. The van der Waals surface area contributed by atoms with Crippen molar-refractivity contribution in [1.29, 1.82) is 0 Å². The van der Waals surface area contributed by atoms with E-state index in [0.717, 1.165) is 12.8 Å². The minimum absolute atomic E-state index is 0.0750. The maximum Gasteiger partial charge on any atom is 0.274 e. The first kappa shape index (κ1) is 14.9. The molecule has 6 nitrogen and oxygen atoms in total. The van der Waals surface area contributed by atoms with Crippen LogP contribution < -0.4 is 0 Å².